The van der Waals surface area contributed by atoms with E-state index < -0.39 is 11.9 Å². The largest absolute Gasteiger partial charge is 0.497 e. The van der Waals surface area contributed by atoms with Crippen molar-refractivity contribution in [3.63, 3.8) is 0 Å². The van der Waals surface area contributed by atoms with Crippen molar-refractivity contribution in [2.75, 3.05) is 14.2 Å². The van der Waals surface area contributed by atoms with Gasteiger partial charge in [-0.15, -0.1) is 0 Å². The number of carboxylic acids is 1. The quantitative estimate of drug-likeness (QED) is 0.182. The zero-order valence-corrected chi connectivity index (χ0v) is 17.5. The number of rotatable bonds is 8. The maximum Gasteiger partial charge on any atom is 0.378 e. The Kier molecular flexibility index (Phi) is 7.37. The van der Waals surface area contributed by atoms with Gasteiger partial charge in [-0.25, -0.2) is 9.59 Å². The summed E-state index contributed by atoms with van der Waals surface area (Å²) in [6, 6.07) is 20.2. The topological polar surface area (TPSA) is 94.4 Å². The molecule has 0 aliphatic rings. The van der Waals surface area contributed by atoms with Crippen LogP contribution in [0.1, 0.15) is 21.5 Å². The highest BCUT2D eigenvalue weighted by Gasteiger charge is 2.13. The van der Waals surface area contributed by atoms with Gasteiger partial charge in [-0.2, -0.15) is 0 Å². The normalized spacial score (nSPS) is 11.2. The zero-order valence-electron chi connectivity index (χ0n) is 17.5. The second-order valence-corrected chi connectivity index (χ2v) is 6.55. The average Bonchev–Trinajstić information content (AvgIpc) is 2.82. The number of hydrogen-bond donors (Lipinski definition) is 1. The molecule has 0 saturated carbocycles. The van der Waals surface area contributed by atoms with E-state index in [2.05, 4.69) is 4.99 Å². The fraction of sp³-hybridized carbons (Fsp3) is 0.0800. The minimum Gasteiger partial charge on any atom is -0.497 e. The fourth-order valence-electron chi connectivity index (χ4n) is 2.67. The molecule has 0 aliphatic carbocycles. The number of carbonyl (C=O) groups is 2. The molecule has 162 valence electrons. The highest BCUT2D eigenvalue weighted by atomic mass is 16.6. The van der Waals surface area contributed by atoms with Gasteiger partial charge < -0.3 is 19.3 Å². The molecule has 0 aromatic heterocycles. The van der Waals surface area contributed by atoms with E-state index in [4.69, 9.17) is 19.3 Å². The maximum atomic E-state index is 12.4. The molecule has 0 radical (unpaired) electrons. The molecule has 0 unspecified atom stereocenters. The Morgan fingerprint density at radius 3 is 1.97 bits per heavy atom. The van der Waals surface area contributed by atoms with Gasteiger partial charge in [-0.3, -0.25) is 4.99 Å². The van der Waals surface area contributed by atoms with E-state index in [0.717, 1.165) is 11.1 Å². The van der Waals surface area contributed by atoms with Crippen LogP contribution in [0.3, 0.4) is 0 Å². The first kappa shape index (κ1) is 22.3. The monoisotopic (exact) mass is 431 g/mol. The molecule has 0 saturated heterocycles. The predicted molar refractivity (Wildman–Crippen MR) is 121 cm³/mol. The lowest BCUT2D eigenvalue weighted by molar-refractivity contribution is -0.133. The Hall–Kier alpha value is -4.39. The lowest BCUT2D eigenvalue weighted by atomic mass is 10.2. The number of benzene rings is 3. The highest BCUT2D eigenvalue weighted by molar-refractivity contribution is 5.93. The van der Waals surface area contributed by atoms with Gasteiger partial charge in [0.2, 0.25) is 5.76 Å². The number of ether oxygens (including phenoxy) is 3. The van der Waals surface area contributed by atoms with Crippen molar-refractivity contribution in [1.82, 2.24) is 0 Å². The molecule has 0 heterocycles. The summed E-state index contributed by atoms with van der Waals surface area (Å²) in [5.41, 5.74) is 2.38. The van der Waals surface area contributed by atoms with Crippen LogP contribution < -0.4 is 9.47 Å². The van der Waals surface area contributed by atoms with Crippen molar-refractivity contribution in [3.8, 4) is 11.5 Å². The van der Waals surface area contributed by atoms with Gasteiger partial charge in [0.05, 0.1) is 25.5 Å². The summed E-state index contributed by atoms with van der Waals surface area (Å²) in [6.45, 7) is 0. The standard InChI is InChI=1S/C25H21NO6/c1-30-21-11-3-17(4-12-21)15-23(31-2)25(29)32-22-13-5-18(6-14-22)16-26-20-9-7-19(8-10-20)24(27)28/h3-16H,1-2H3,(H,27,28)/b23-15+,26-16?. The van der Waals surface area contributed by atoms with E-state index in [9.17, 15) is 9.59 Å². The van der Waals surface area contributed by atoms with Gasteiger partial charge in [0, 0.05) is 6.21 Å². The Bertz CT molecular complexity index is 1130. The average molecular weight is 431 g/mol. The van der Waals surface area contributed by atoms with Crippen LogP contribution >= 0.6 is 0 Å². The number of methoxy groups -OCH3 is 2. The molecule has 0 fully saturated rings. The van der Waals surface area contributed by atoms with Crippen molar-refractivity contribution in [2.24, 2.45) is 4.99 Å². The SMILES string of the molecule is CO/C(=C/c1ccc(OC)cc1)C(=O)Oc1ccc(C=Nc2ccc(C(=O)O)cc2)cc1. The first-order valence-corrected chi connectivity index (χ1v) is 9.58. The fourth-order valence-corrected chi connectivity index (χ4v) is 2.67. The third kappa shape index (κ3) is 6.06. The van der Waals surface area contributed by atoms with Crippen molar-refractivity contribution in [1.29, 1.82) is 0 Å². The van der Waals surface area contributed by atoms with Gasteiger partial charge >= 0.3 is 11.9 Å². The molecular formula is C25H21NO6. The van der Waals surface area contributed by atoms with Gasteiger partial charge in [-0.1, -0.05) is 12.1 Å². The maximum absolute atomic E-state index is 12.4. The minimum absolute atomic E-state index is 0.0608. The van der Waals surface area contributed by atoms with Crippen LogP contribution in [-0.2, 0) is 9.53 Å². The van der Waals surface area contributed by atoms with Crippen LogP contribution in [0.2, 0.25) is 0 Å². The predicted octanol–water partition coefficient (Wildman–Crippen LogP) is 4.74. The van der Waals surface area contributed by atoms with Crippen molar-refractivity contribution >= 4 is 29.9 Å². The molecular weight excluding hydrogens is 410 g/mol. The molecule has 7 nitrogen and oxygen atoms in total. The molecule has 3 aromatic rings. The first-order chi connectivity index (χ1) is 15.5. The van der Waals surface area contributed by atoms with Crippen molar-refractivity contribution < 1.29 is 28.9 Å². The van der Waals surface area contributed by atoms with Gasteiger partial charge in [0.1, 0.15) is 11.5 Å². The van der Waals surface area contributed by atoms with Crippen LogP contribution in [0.25, 0.3) is 6.08 Å². The molecule has 0 spiro atoms. The molecule has 32 heavy (non-hydrogen) atoms. The molecule has 0 aliphatic heterocycles. The van der Waals surface area contributed by atoms with E-state index in [1.807, 2.05) is 0 Å². The Labute approximate surface area is 185 Å². The van der Waals surface area contributed by atoms with E-state index >= 15 is 0 Å². The molecule has 0 amide bonds. The third-order valence-corrected chi connectivity index (χ3v) is 4.40. The van der Waals surface area contributed by atoms with Crippen molar-refractivity contribution in [3.05, 3.63) is 95.2 Å². The van der Waals surface area contributed by atoms with E-state index in [1.165, 1.54) is 19.2 Å². The van der Waals surface area contributed by atoms with Gasteiger partial charge in [0.15, 0.2) is 0 Å². The van der Waals surface area contributed by atoms with E-state index in [-0.39, 0.29) is 11.3 Å². The van der Waals surface area contributed by atoms with Crippen LogP contribution in [0.15, 0.2) is 83.5 Å². The number of aromatic carboxylic acids is 1. The summed E-state index contributed by atoms with van der Waals surface area (Å²) in [7, 11) is 2.98. The van der Waals surface area contributed by atoms with Crippen LogP contribution in [-0.4, -0.2) is 37.5 Å². The van der Waals surface area contributed by atoms with Crippen molar-refractivity contribution in [2.45, 2.75) is 0 Å². The molecule has 7 heteroatoms. The van der Waals surface area contributed by atoms with Gasteiger partial charge in [-0.05, 0) is 77.9 Å². The van der Waals surface area contributed by atoms with E-state index in [1.54, 1.807) is 80.1 Å². The third-order valence-electron chi connectivity index (χ3n) is 4.40. The zero-order chi connectivity index (χ0) is 22.9. The second-order valence-electron chi connectivity index (χ2n) is 6.55. The minimum atomic E-state index is -0.985. The second kappa shape index (κ2) is 10.6. The molecule has 0 atom stereocenters. The Morgan fingerprint density at radius 1 is 0.812 bits per heavy atom. The number of aliphatic imine (C=N–C) groups is 1. The van der Waals surface area contributed by atoms with Crippen LogP contribution in [0.5, 0.6) is 11.5 Å². The summed E-state index contributed by atoms with van der Waals surface area (Å²) < 4.78 is 15.7. The highest BCUT2D eigenvalue weighted by Crippen LogP contribution is 2.18. The Balaban J connectivity index is 1.63. The van der Waals surface area contributed by atoms with Crippen LogP contribution in [0.4, 0.5) is 5.69 Å². The first-order valence-electron chi connectivity index (χ1n) is 9.58. The van der Waals surface area contributed by atoms with Gasteiger partial charge in [0.25, 0.3) is 0 Å². The molecule has 3 aromatic carbocycles. The Morgan fingerprint density at radius 2 is 1.41 bits per heavy atom. The summed E-state index contributed by atoms with van der Waals surface area (Å²) in [6.07, 6.45) is 3.21. The number of nitrogens with zero attached hydrogens (tertiary/aromatic N) is 1. The number of hydrogen-bond acceptors (Lipinski definition) is 6. The molecule has 1 N–H and O–H groups in total. The summed E-state index contributed by atoms with van der Waals surface area (Å²) in [5.74, 6) is -0.477. The van der Waals surface area contributed by atoms with Crippen LogP contribution in [0, 0.1) is 0 Å². The smallest absolute Gasteiger partial charge is 0.378 e. The number of carbonyl (C=O) groups excluding carboxylic acids is 1. The molecule has 0 bridgehead atoms. The lowest BCUT2D eigenvalue weighted by Gasteiger charge is -2.07. The lowest BCUT2D eigenvalue weighted by Crippen LogP contribution is -2.12. The van der Waals surface area contributed by atoms with E-state index in [0.29, 0.717) is 17.2 Å². The molecule has 3 rings (SSSR count). The summed E-state index contributed by atoms with van der Waals surface area (Å²) in [4.78, 5) is 27.6. The summed E-state index contributed by atoms with van der Waals surface area (Å²) in [5, 5.41) is 8.93. The summed E-state index contributed by atoms with van der Waals surface area (Å²) >= 11 is 0. The number of carboxylic acid groups (broad SMARTS) is 1. The number of esters is 1.